The van der Waals surface area contributed by atoms with E-state index in [2.05, 4.69) is 70.1 Å². The minimum Gasteiger partial charge on any atom is -0.381 e. The molecule has 0 fully saturated rings. The lowest BCUT2D eigenvalue weighted by molar-refractivity contribution is -0.673. The molecule has 0 N–H and O–H groups in total. The zero-order valence-electron chi connectivity index (χ0n) is 12.4. The van der Waals surface area contributed by atoms with Gasteiger partial charge in [-0.05, 0) is 17.7 Å². The zero-order chi connectivity index (χ0) is 14.5. The third-order valence-corrected chi connectivity index (χ3v) is 3.80. The summed E-state index contributed by atoms with van der Waals surface area (Å²) in [6, 6.07) is 19.2. The molecule has 3 nitrogen and oxygen atoms in total. The van der Waals surface area contributed by atoms with E-state index in [1.807, 2.05) is 0 Å². The maximum atomic E-state index is 5.20. The summed E-state index contributed by atoms with van der Waals surface area (Å²) < 4.78 is 9.80. The van der Waals surface area contributed by atoms with Crippen molar-refractivity contribution in [3.05, 3.63) is 66.5 Å². The van der Waals surface area contributed by atoms with Crippen molar-refractivity contribution < 1.29 is 9.30 Å². The first-order chi connectivity index (χ1) is 10.4. The third kappa shape index (κ3) is 3.14. The van der Waals surface area contributed by atoms with E-state index in [0.717, 1.165) is 26.1 Å². The fraction of sp³-hybridized carbons (Fsp3) is 0.278. The largest absolute Gasteiger partial charge is 0.381 e. The first kappa shape index (κ1) is 13.8. The fourth-order valence-corrected chi connectivity index (χ4v) is 2.68. The molecule has 3 aromatic rings. The molecule has 0 bridgehead atoms. The van der Waals surface area contributed by atoms with Crippen LogP contribution in [0.15, 0.2) is 60.9 Å². The number of aromatic nitrogens is 2. The van der Waals surface area contributed by atoms with Crippen molar-refractivity contribution in [2.75, 3.05) is 13.7 Å². The van der Waals surface area contributed by atoms with Crippen LogP contribution in [0.5, 0.6) is 0 Å². The Morgan fingerprint density at radius 1 is 1.00 bits per heavy atom. The van der Waals surface area contributed by atoms with Gasteiger partial charge in [-0.3, -0.25) is 0 Å². The van der Waals surface area contributed by atoms with Gasteiger partial charge in [-0.2, -0.15) is 0 Å². The number of fused-ring (bicyclic) bond motifs is 1. The van der Waals surface area contributed by atoms with E-state index in [0.29, 0.717) is 0 Å². The minimum absolute atomic E-state index is 0.733. The topological polar surface area (TPSA) is 18.0 Å². The van der Waals surface area contributed by atoms with Gasteiger partial charge in [-0.15, -0.1) is 0 Å². The Bertz CT molecular complexity index is 704. The van der Waals surface area contributed by atoms with Crippen molar-refractivity contribution in [1.29, 1.82) is 0 Å². The Hall–Kier alpha value is -2.13. The highest BCUT2D eigenvalue weighted by Gasteiger charge is 2.14. The van der Waals surface area contributed by atoms with Gasteiger partial charge in [0.15, 0.2) is 11.0 Å². The first-order valence-electron chi connectivity index (χ1n) is 7.38. The highest BCUT2D eigenvalue weighted by molar-refractivity contribution is 5.71. The maximum absolute atomic E-state index is 5.20. The molecule has 1 aromatic heterocycles. The molecule has 0 amide bonds. The summed E-state index contributed by atoms with van der Waals surface area (Å²) >= 11 is 0. The second kappa shape index (κ2) is 6.55. The van der Waals surface area contributed by atoms with Crippen molar-refractivity contribution >= 4 is 11.0 Å². The minimum atomic E-state index is 0.733. The normalized spacial score (nSPS) is 11.1. The number of ether oxygens (including phenoxy) is 1. The number of imidazole rings is 1. The first-order valence-corrected chi connectivity index (χ1v) is 7.38. The fourth-order valence-electron chi connectivity index (χ4n) is 2.68. The van der Waals surface area contributed by atoms with Gasteiger partial charge < -0.3 is 4.74 Å². The van der Waals surface area contributed by atoms with Crippen LogP contribution in [0.3, 0.4) is 0 Å². The van der Waals surface area contributed by atoms with Gasteiger partial charge in [-0.1, -0.05) is 42.5 Å². The van der Waals surface area contributed by atoms with E-state index in [-0.39, 0.29) is 0 Å². The van der Waals surface area contributed by atoms with Crippen molar-refractivity contribution in [3.8, 4) is 0 Å². The molecule has 2 aromatic carbocycles. The van der Waals surface area contributed by atoms with Gasteiger partial charge in [0.1, 0.15) is 6.54 Å². The van der Waals surface area contributed by atoms with Crippen molar-refractivity contribution in [2.45, 2.75) is 19.5 Å². The highest BCUT2D eigenvalue weighted by Crippen LogP contribution is 2.12. The molecular formula is C18H21N2O+. The molecule has 0 spiro atoms. The van der Waals surface area contributed by atoms with Gasteiger partial charge >= 0.3 is 0 Å². The molecule has 0 atom stereocenters. The van der Waals surface area contributed by atoms with Crippen molar-refractivity contribution in [1.82, 2.24) is 4.57 Å². The summed E-state index contributed by atoms with van der Waals surface area (Å²) in [5.41, 5.74) is 3.92. The number of hydrogen-bond acceptors (Lipinski definition) is 1. The smallest absolute Gasteiger partial charge is 0.244 e. The predicted molar refractivity (Wildman–Crippen MR) is 84.2 cm³/mol. The molecule has 0 radical (unpaired) electrons. The van der Waals surface area contributed by atoms with Crippen LogP contribution in [0.25, 0.3) is 11.0 Å². The molecule has 0 aliphatic rings. The predicted octanol–water partition coefficient (Wildman–Crippen LogP) is 2.82. The zero-order valence-corrected chi connectivity index (χ0v) is 12.4. The van der Waals surface area contributed by atoms with Crippen molar-refractivity contribution in [2.24, 2.45) is 0 Å². The van der Waals surface area contributed by atoms with Gasteiger partial charge in [0.2, 0.25) is 6.33 Å². The quantitative estimate of drug-likeness (QED) is 0.635. The summed E-state index contributed by atoms with van der Waals surface area (Å²) in [4.78, 5) is 0. The van der Waals surface area contributed by atoms with Gasteiger partial charge in [0, 0.05) is 13.5 Å². The molecule has 0 aliphatic heterocycles. The molecule has 108 valence electrons. The number of hydrogen-bond donors (Lipinski definition) is 0. The van der Waals surface area contributed by atoms with Crippen LogP contribution in [0.1, 0.15) is 5.56 Å². The second-order valence-electron chi connectivity index (χ2n) is 5.22. The lowest BCUT2D eigenvalue weighted by Gasteiger charge is -1.99. The van der Waals surface area contributed by atoms with Gasteiger partial charge in [0.25, 0.3) is 0 Å². The van der Waals surface area contributed by atoms with E-state index >= 15 is 0 Å². The molecule has 0 aliphatic carbocycles. The van der Waals surface area contributed by atoms with Crippen LogP contribution in [0, 0.1) is 0 Å². The van der Waals surface area contributed by atoms with E-state index in [9.17, 15) is 0 Å². The van der Waals surface area contributed by atoms with Crippen molar-refractivity contribution in [3.63, 3.8) is 0 Å². The van der Waals surface area contributed by atoms with Gasteiger partial charge in [-0.25, -0.2) is 9.13 Å². The number of rotatable bonds is 6. The molecule has 21 heavy (non-hydrogen) atoms. The SMILES string of the molecule is COCC[n+]1cn(CCc2ccccc2)c2ccccc21. The summed E-state index contributed by atoms with van der Waals surface area (Å²) in [6.07, 6.45) is 3.25. The summed E-state index contributed by atoms with van der Waals surface area (Å²) in [6.45, 7) is 2.61. The highest BCUT2D eigenvalue weighted by atomic mass is 16.5. The Kier molecular flexibility index (Phi) is 4.31. The molecule has 3 rings (SSSR count). The molecule has 3 heteroatoms. The number of benzene rings is 2. The Morgan fingerprint density at radius 3 is 2.57 bits per heavy atom. The molecular weight excluding hydrogens is 260 g/mol. The monoisotopic (exact) mass is 281 g/mol. The summed E-state index contributed by atoms with van der Waals surface area (Å²) in [5, 5.41) is 0. The third-order valence-electron chi connectivity index (χ3n) is 3.80. The Labute approximate surface area is 125 Å². The van der Waals surface area contributed by atoms with E-state index < -0.39 is 0 Å². The standard InChI is InChI=1S/C18H21N2O/c1-21-14-13-20-15-19(17-9-5-6-10-18(17)20)12-11-16-7-3-2-4-8-16/h2-10,15H,11-14H2,1H3/q+1. The molecule has 0 unspecified atom stereocenters. The van der Waals surface area contributed by atoms with Crippen LogP contribution in [-0.4, -0.2) is 18.3 Å². The maximum Gasteiger partial charge on any atom is 0.244 e. The van der Waals surface area contributed by atoms with Crippen LogP contribution < -0.4 is 4.57 Å². The van der Waals surface area contributed by atoms with Crippen LogP contribution in [0.4, 0.5) is 0 Å². The van der Waals surface area contributed by atoms with E-state index in [4.69, 9.17) is 4.74 Å². The Morgan fingerprint density at radius 2 is 1.76 bits per heavy atom. The number of para-hydroxylation sites is 2. The number of aryl methyl sites for hydroxylation is 2. The summed E-state index contributed by atoms with van der Waals surface area (Å²) in [7, 11) is 1.75. The van der Waals surface area contributed by atoms with E-state index in [1.54, 1.807) is 7.11 Å². The molecule has 0 saturated heterocycles. The average Bonchev–Trinajstić information content (AvgIpc) is 2.90. The molecule has 1 heterocycles. The van der Waals surface area contributed by atoms with E-state index in [1.165, 1.54) is 16.6 Å². The number of nitrogens with zero attached hydrogens (tertiary/aromatic N) is 2. The Balaban J connectivity index is 1.84. The number of methoxy groups -OCH3 is 1. The average molecular weight is 281 g/mol. The van der Waals surface area contributed by atoms with Gasteiger partial charge in [0.05, 0.1) is 13.2 Å². The lowest BCUT2D eigenvalue weighted by Crippen LogP contribution is -2.34. The lowest BCUT2D eigenvalue weighted by atomic mass is 10.1. The molecule has 0 saturated carbocycles. The summed E-state index contributed by atoms with van der Waals surface area (Å²) in [5.74, 6) is 0. The van der Waals surface area contributed by atoms with Crippen LogP contribution in [-0.2, 0) is 24.2 Å². The van der Waals surface area contributed by atoms with Crippen LogP contribution >= 0.6 is 0 Å². The van der Waals surface area contributed by atoms with Crippen LogP contribution in [0.2, 0.25) is 0 Å². The second-order valence-corrected chi connectivity index (χ2v) is 5.22.